The molecule has 5 atom stereocenters. The Bertz CT molecular complexity index is 832. The van der Waals surface area contributed by atoms with Crippen LogP contribution in [0.3, 0.4) is 0 Å². The zero-order valence-electron chi connectivity index (χ0n) is 14.7. The van der Waals surface area contributed by atoms with Crippen molar-refractivity contribution < 1.29 is 14.6 Å². The lowest BCUT2D eigenvalue weighted by Gasteiger charge is -2.31. The second-order valence-electron chi connectivity index (χ2n) is 7.80. The minimum Gasteiger partial charge on any atom is -0.478 e. The Hall–Kier alpha value is -1.76. The molecule has 3 fully saturated rings. The van der Waals surface area contributed by atoms with E-state index in [2.05, 4.69) is 10.3 Å². The number of benzene rings is 1. The van der Waals surface area contributed by atoms with Crippen molar-refractivity contribution in [2.24, 2.45) is 17.8 Å². The molecule has 26 heavy (non-hydrogen) atoms. The Morgan fingerprint density at radius 2 is 2.12 bits per heavy atom. The highest BCUT2D eigenvalue weighted by Gasteiger charge is 2.59. The number of carboxylic acids is 1. The van der Waals surface area contributed by atoms with Crippen molar-refractivity contribution in [1.29, 1.82) is 0 Å². The molecule has 0 amide bonds. The summed E-state index contributed by atoms with van der Waals surface area (Å²) in [6.45, 7) is 2.06. The second-order valence-corrected chi connectivity index (χ2v) is 8.66. The normalized spacial score (nSPS) is 32.4. The summed E-state index contributed by atoms with van der Waals surface area (Å²) < 4.78 is 5.84. The number of fused-ring (bicyclic) bond motifs is 1. The van der Waals surface area contributed by atoms with Gasteiger partial charge in [-0.1, -0.05) is 12.1 Å². The summed E-state index contributed by atoms with van der Waals surface area (Å²) in [6, 6.07) is 7.51. The fourth-order valence-corrected chi connectivity index (χ4v) is 6.32. The Labute approximate surface area is 156 Å². The van der Waals surface area contributed by atoms with E-state index in [9.17, 15) is 4.79 Å². The van der Waals surface area contributed by atoms with Gasteiger partial charge in [-0.05, 0) is 42.7 Å². The van der Waals surface area contributed by atoms with Crippen molar-refractivity contribution in [3.8, 4) is 10.6 Å². The fraction of sp³-hybridized carbons (Fsp3) is 0.500. The molecule has 0 radical (unpaired) electrons. The standard InChI is InChI=1S/C20H22N2O3S/c1-25-18-13-6-14-8-22(17(18)16(14)7-13)9-15-10-26-19(21-15)11-2-4-12(5-3-11)20(23)24/h2-5,10,13-14,16-18H,6-9H2,1H3,(H,23,24). The van der Waals surface area contributed by atoms with E-state index in [4.69, 9.17) is 14.8 Å². The summed E-state index contributed by atoms with van der Waals surface area (Å²) in [7, 11) is 1.86. The van der Waals surface area contributed by atoms with E-state index in [0.717, 1.165) is 40.6 Å². The van der Waals surface area contributed by atoms with Crippen molar-refractivity contribution in [2.75, 3.05) is 13.7 Å². The minimum absolute atomic E-state index is 0.305. The number of likely N-dealkylation sites (tertiary alicyclic amines) is 1. The first-order chi connectivity index (χ1) is 12.6. The van der Waals surface area contributed by atoms with Gasteiger partial charge in [0.05, 0.1) is 17.4 Å². The molecule has 1 saturated heterocycles. The van der Waals surface area contributed by atoms with E-state index in [1.54, 1.807) is 23.5 Å². The number of carbonyl (C=O) groups is 1. The largest absolute Gasteiger partial charge is 0.478 e. The van der Waals surface area contributed by atoms with Gasteiger partial charge in [0.1, 0.15) is 5.01 Å². The molecule has 2 aliphatic carbocycles. The van der Waals surface area contributed by atoms with Gasteiger partial charge >= 0.3 is 5.97 Å². The summed E-state index contributed by atoms with van der Waals surface area (Å²) >= 11 is 1.63. The van der Waals surface area contributed by atoms with E-state index < -0.39 is 5.97 Å². The van der Waals surface area contributed by atoms with Gasteiger partial charge in [0.2, 0.25) is 0 Å². The highest BCUT2D eigenvalue weighted by Crippen LogP contribution is 2.56. The zero-order chi connectivity index (χ0) is 17.8. The van der Waals surface area contributed by atoms with E-state index in [1.165, 1.54) is 19.4 Å². The summed E-state index contributed by atoms with van der Waals surface area (Å²) in [4.78, 5) is 18.4. The van der Waals surface area contributed by atoms with E-state index >= 15 is 0 Å². The summed E-state index contributed by atoms with van der Waals surface area (Å²) in [6.07, 6.45) is 3.05. The van der Waals surface area contributed by atoms with Gasteiger partial charge in [0.25, 0.3) is 0 Å². The lowest BCUT2D eigenvalue weighted by Crippen LogP contribution is -2.41. The van der Waals surface area contributed by atoms with Crippen LogP contribution in [0.25, 0.3) is 10.6 Å². The van der Waals surface area contributed by atoms with Crippen LogP contribution in [-0.2, 0) is 11.3 Å². The molecule has 2 saturated carbocycles. The summed E-state index contributed by atoms with van der Waals surface area (Å²) in [5, 5.41) is 12.1. The lowest BCUT2D eigenvalue weighted by molar-refractivity contribution is 0.00861. The first kappa shape index (κ1) is 16.4. The van der Waals surface area contributed by atoms with Crippen molar-refractivity contribution >= 4 is 17.3 Å². The smallest absolute Gasteiger partial charge is 0.335 e. The predicted molar refractivity (Wildman–Crippen MR) is 99.2 cm³/mol. The second kappa shape index (κ2) is 6.15. The van der Waals surface area contributed by atoms with Crippen LogP contribution < -0.4 is 0 Å². The van der Waals surface area contributed by atoms with Crippen LogP contribution in [0.2, 0.25) is 0 Å². The van der Waals surface area contributed by atoms with Gasteiger partial charge in [0.15, 0.2) is 0 Å². The highest BCUT2D eigenvalue weighted by atomic mass is 32.1. The van der Waals surface area contributed by atoms with E-state index in [1.807, 2.05) is 19.2 Å². The maximum absolute atomic E-state index is 11.0. The van der Waals surface area contributed by atoms with Crippen molar-refractivity contribution in [3.05, 3.63) is 40.9 Å². The SMILES string of the molecule is COC1C2CC3CN(Cc4csc(-c5ccc(C(=O)O)cc5)n4)C1C3C2. The third-order valence-electron chi connectivity index (χ3n) is 6.48. The fourth-order valence-electron chi connectivity index (χ4n) is 5.50. The molecule has 3 aliphatic rings. The number of methoxy groups -OCH3 is 1. The molecule has 5 unspecified atom stereocenters. The van der Waals surface area contributed by atoms with Crippen LogP contribution in [0.4, 0.5) is 0 Å². The molecule has 5 rings (SSSR count). The Morgan fingerprint density at radius 1 is 1.31 bits per heavy atom. The number of hydrogen-bond acceptors (Lipinski definition) is 5. The molecule has 1 aliphatic heterocycles. The highest BCUT2D eigenvalue weighted by molar-refractivity contribution is 7.13. The predicted octanol–water partition coefficient (Wildman–Crippen LogP) is 3.36. The van der Waals surface area contributed by atoms with E-state index in [-0.39, 0.29) is 0 Å². The average Bonchev–Trinajstić information content (AvgIpc) is 3.37. The minimum atomic E-state index is -0.900. The number of rotatable bonds is 5. The topological polar surface area (TPSA) is 62.7 Å². The molecule has 5 nitrogen and oxygen atoms in total. The van der Waals surface area contributed by atoms with Gasteiger partial charge in [-0.25, -0.2) is 9.78 Å². The first-order valence-corrected chi connectivity index (χ1v) is 10.1. The molecular formula is C20H22N2O3S. The quantitative estimate of drug-likeness (QED) is 0.874. The van der Waals surface area contributed by atoms with Crippen molar-refractivity contribution in [3.63, 3.8) is 0 Å². The number of nitrogens with zero attached hydrogens (tertiary/aromatic N) is 2. The molecule has 1 aromatic carbocycles. The Morgan fingerprint density at radius 3 is 2.85 bits per heavy atom. The van der Waals surface area contributed by atoms with Crippen molar-refractivity contribution in [2.45, 2.75) is 31.5 Å². The zero-order valence-corrected chi connectivity index (χ0v) is 15.5. The summed E-state index contributed by atoms with van der Waals surface area (Å²) in [5.41, 5.74) is 2.38. The molecule has 2 bridgehead atoms. The molecule has 136 valence electrons. The molecule has 2 heterocycles. The Kier molecular flexibility index (Phi) is 3.88. The third-order valence-corrected chi connectivity index (χ3v) is 7.42. The molecule has 6 heteroatoms. The van der Waals surface area contributed by atoms with Gasteiger partial charge in [0, 0.05) is 37.2 Å². The van der Waals surface area contributed by atoms with Crippen LogP contribution in [0.5, 0.6) is 0 Å². The van der Waals surface area contributed by atoms with Crippen LogP contribution >= 0.6 is 11.3 Å². The van der Waals surface area contributed by atoms with Crippen molar-refractivity contribution in [1.82, 2.24) is 9.88 Å². The van der Waals surface area contributed by atoms with Gasteiger partial charge in [-0.3, -0.25) is 4.90 Å². The number of carboxylic acid groups (broad SMARTS) is 1. The number of aromatic carboxylic acids is 1. The maximum Gasteiger partial charge on any atom is 0.335 e. The van der Waals surface area contributed by atoms with Crippen LogP contribution in [0, 0.1) is 17.8 Å². The van der Waals surface area contributed by atoms with Gasteiger partial charge < -0.3 is 9.84 Å². The Balaban J connectivity index is 1.33. The van der Waals surface area contributed by atoms with Gasteiger partial charge in [-0.15, -0.1) is 11.3 Å². The molecule has 0 spiro atoms. The summed E-state index contributed by atoms with van der Waals surface area (Å²) in [5.74, 6) is 1.51. The van der Waals surface area contributed by atoms with E-state index in [0.29, 0.717) is 17.7 Å². The number of thiazole rings is 1. The average molecular weight is 370 g/mol. The van der Waals surface area contributed by atoms with Crippen LogP contribution in [0.15, 0.2) is 29.6 Å². The lowest BCUT2D eigenvalue weighted by atomic mass is 9.88. The number of aromatic nitrogens is 1. The maximum atomic E-state index is 11.0. The molecule has 1 N–H and O–H groups in total. The monoisotopic (exact) mass is 370 g/mol. The number of ether oxygens (including phenoxy) is 1. The van der Waals surface area contributed by atoms with Crippen LogP contribution in [-0.4, -0.2) is 46.8 Å². The third kappa shape index (κ3) is 2.51. The van der Waals surface area contributed by atoms with Gasteiger partial charge in [-0.2, -0.15) is 0 Å². The van der Waals surface area contributed by atoms with Crippen LogP contribution in [0.1, 0.15) is 28.9 Å². The number of hydrogen-bond donors (Lipinski definition) is 1. The first-order valence-electron chi connectivity index (χ1n) is 9.19. The molecular weight excluding hydrogens is 348 g/mol. The molecule has 2 aromatic rings. The molecule has 1 aromatic heterocycles.